The largest absolute Gasteiger partial charge is 0.448 e. The van der Waals surface area contributed by atoms with Gasteiger partial charge in [0.2, 0.25) is 0 Å². The van der Waals surface area contributed by atoms with Gasteiger partial charge in [-0.1, -0.05) is 35.5 Å². The molecule has 0 aliphatic rings. The van der Waals surface area contributed by atoms with Gasteiger partial charge in [-0.2, -0.15) is 4.98 Å². The molecule has 0 fully saturated rings. The van der Waals surface area contributed by atoms with Crippen molar-refractivity contribution >= 4 is 16.7 Å². The molecule has 4 aromatic rings. The van der Waals surface area contributed by atoms with E-state index in [1.807, 2.05) is 0 Å². The third-order valence-corrected chi connectivity index (χ3v) is 4.78. The minimum atomic E-state index is -0.818. The molecule has 0 radical (unpaired) electrons. The Bertz CT molecular complexity index is 1280. The number of esters is 1. The van der Waals surface area contributed by atoms with E-state index in [4.69, 9.17) is 9.26 Å². The quantitative estimate of drug-likeness (QED) is 0.505. The number of H-pyrrole nitrogens is 1. The molecule has 2 aromatic heterocycles. The lowest BCUT2D eigenvalue weighted by molar-refractivity contribution is 0.0257. The number of halogens is 1. The lowest BCUT2D eigenvalue weighted by Gasteiger charge is -2.12. The first-order chi connectivity index (χ1) is 14.4. The number of pyridine rings is 1. The van der Waals surface area contributed by atoms with Crippen LogP contribution in [0.1, 0.15) is 46.4 Å². The van der Waals surface area contributed by atoms with Gasteiger partial charge in [0.1, 0.15) is 11.5 Å². The van der Waals surface area contributed by atoms with Crippen LogP contribution in [0.4, 0.5) is 4.39 Å². The summed E-state index contributed by atoms with van der Waals surface area (Å²) in [7, 11) is 0. The monoisotopic (exact) mass is 407 g/mol. The summed E-state index contributed by atoms with van der Waals surface area (Å²) >= 11 is 0. The van der Waals surface area contributed by atoms with Crippen molar-refractivity contribution in [2.45, 2.75) is 26.4 Å². The normalized spacial score (nSPS) is 12.1. The minimum absolute atomic E-state index is 0.0802. The number of benzene rings is 2. The number of aromatic amines is 1. The Morgan fingerprint density at radius 3 is 2.60 bits per heavy atom. The van der Waals surface area contributed by atoms with Crippen molar-refractivity contribution in [3.63, 3.8) is 0 Å². The average Bonchev–Trinajstić information content (AvgIpc) is 3.21. The highest BCUT2D eigenvalue weighted by atomic mass is 19.1. The molecular weight excluding hydrogens is 389 g/mol. The highest BCUT2D eigenvalue weighted by molar-refractivity contribution is 5.96. The van der Waals surface area contributed by atoms with Crippen molar-refractivity contribution in [1.82, 2.24) is 15.1 Å². The van der Waals surface area contributed by atoms with Gasteiger partial charge in [-0.05, 0) is 48.6 Å². The van der Waals surface area contributed by atoms with Gasteiger partial charge in [-0.15, -0.1) is 0 Å². The van der Waals surface area contributed by atoms with E-state index in [0.29, 0.717) is 28.6 Å². The number of nitrogens with zero attached hydrogens (tertiary/aromatic N) is 2. The summed E-state index contributed by atoms with van der Waals surface area (Å²) in [5.41, 5.74) is 1.15. The number of carbonyl (C=O) groups is 1. The number of hydrogen-bond donors (Lipinski definition) is 1. The predicted molar refractivity (Wildman–Crippen MR) is 107 cm³/mol. The van der Waals surface area contributed by atoms with Gasteiger partial charge >= 0.3 is 5.97 Å². The average molecular weight is 407 g/mol. The second-order valence-electron chi connectivity index (χ2n) is 6.90. The topological polar surface area (TPSA) is 98.1 Å². The maximum absolute atomic E-state index is 13.0. The highest BCUT2D eigenvalue weighted by Crippen LogP contribution is 2.21. The van der Waals surface area contributed by atoms with Crippen molar-refractivity contribution < 1.29 is 18.4 Å². The summed E-state index contributed by atoms with van der Waals surface area (Å²) in [5, 5.41) is 5.06. The maximum atomic E-state index is 13.0. The van der Waals surface area contributed by atoms with Crippen LogP contribution in [0, 0.1) is 12.7 Å². The molecule has 30 heavy (non-hydrogen) atoms. The van der Waals surface area contributed by atoms with Crippen LogP contribution in [-0.4, -0.2) is 21.1 Å². The lowest BCUT2D eigenvalue weighted by Crippen LogP contribution is -2.19. The molecule has 4 rings (SSSR count). The number of aromatic nitrogens is 3. The number of rotatable bonds is 5. The molecule has 7 nitrogen and oxygen atoms in total. The molecule has 0 spiro atoms. The SMILES string of the molecule is Cc1c(C(=O)OC(C)c2nc(Cc3ccc(F)cc3)no2)[nH]c(=O)c2ccccc12. The number of hydrogen-bond acceptors (Lipinski definition) is 6. The third-order valence-electron chi connectivity index (χ3n) is 4.78. The van der Waals surface area contributed by atoms with Crippen LogP contribution in [0.2, 0.25) is 0 Å². The van der Waals surface area contributed by atoms with Gasteiger partial charge in [-0.3, -0.25) is 4.79 Å². The van der Waals surface area contributed by atoms with Crippen LogP contribution in [0.15, 0.2) is 57.8 Å². The van der Waals surface area contributed by atoms with Crippen molar-refractivity contribution in [3.8, 4) is 0 Å². The molecule has 0 amide bonds. The molecule has 0 saturated heterocycles. The second-order valence-corrected chi connectivity index (χ2v) is 6.90. The fourth-order valence-electron chi connectivity index (χ4n) is 3.18. The summed E-state index contributed by atoms with van der Waals surface area (Å²) in [6.45, 7) is 3.34. The standard InChI is InChI=1S/C22H18FN3O4/c1-12-16-5-3-4-6-17(16)20(27)25-19(12)22(28)29-13(2)21-24-18(26-30-21)11-14-7-9-15(23)10-8-14/h3-10,13H,11H2,1-2H3,(H,25,27). The Labute approximate surface area is 170 Å². The number of fused-ring (bicyclic) bond motifs is 1. The van der Waals surface area contributed by atoms with Crippen LogP contribution >= 0.6 is 0 Å². The first-order valence-electron chi connectivity index (χ1n) is 9.32. The molecule has 2 aromatic carbocycles. The smallest absolute Gasteiger partial charge is 0.355 e. The predicted octanol–water partition coefficient (Wildman–Crippen LogP) is 3.87. The van der Waals surface area contributed by atoms with Gasteiger partial charge in [-0.25, -0.2) is 9.18 Å². The molecule has 152 valence electrons. The Balaban J connectivity index is 1.51. The van der Waals surface area contributed by atoms with Crippen molar-refractivity contribution in [2.75, 3.05) is 0 Å². The van der Waals surface area contributed by atoms with Gasteiger partial charge in [0.15, 0.2) is 11.9 Å². The van der Waals surface area contributed by atoms with E-state index in [0.717, 1.165) is 5.56 Å². The van der Waals surface area contributed by atoms with E-state index in [9.17, 15) is 14.0 Å². The number of carbonyl (C=O) groups excluding carboxylic acids is 1. The Hall–Kier alpha value is -3.81. The number of aryl methyl sites for hydroxylation is 1. The molecule has 0 bridgehead atoms. The Morgan fingerprint density at radius 1 is 1.17 bits per heavy atom. The van der Waals surface area contributed by atoms with Crippen LogP contribution < -0.4 is 5.56 Å². The second kappa shape index (κ2) is 7.90. The Morgan fingerprint density at radius 2 is 1.87 bits per heavy atom. The van der Waals surface area contributed by atoms with E-state index in [1.54, 1.807) is 50.2 Å². The van der Waals surface area contributed by atoms with E-state index in [-0.39, 0.29) is 23.0 Å². The summed E-state index contributed by atoms with van der Waals surface area (Å²) in [4.78, 5) is 31.8. The lowest BCUT2D eigenvalue weighted by atomic mass is 10.1. The van der Waals surface area contributed by atoms with Crippen molar-refractivity contribution in [2.24, 2.45) is 0 Å². The van der Waals surface area contributed by atoms with Gasteiger partial charge in [0.25, 0.3) is 11.4 Å². The summed E-state index contributed by atoms with van der Waals surface area (Å²) in [5.74, 6) is -0.507. The third kappa shape index (κ3) is 3.84. The summed E-state index contributed by atoms with van der Waals surface area (Å²) in [6, 6.07) is 13.0. The first kappa shape index (κ1) is 19.5. The van der Waals surface area contributed by atoms with Crippen LogP contribution in [0.5, 0.6) is 0 Å². The van der Waals surface area contributed by atoms with E-state index in [2.05, 4.69) is 15.1 Å². The fourth-order valence-corrected chi connectivity index (χ4v) is 3.18. The van der Waals surface area contributed by atoms with E-state index < -0.39 is 12.1 Å². The zero-order valence-corrected chi connectivity index (χ0v) is 16.3. The Kier molecular flexibility index (Phi) is 5.14. The zero-order chi connectivity index (χ0) is 21.3. The summed E-state index contributed by atoms with van der Waals surface area (Å²) < 4.78 is 23.6. The number of ether oxygens (including phenoxy) is 1. The fraction of sp³-hybridized carbons (Fsp3) is 0.182. The molecule has 2 heterocycles. The molecule has 1 unspecified atom stereocenters. The van der Waals surface area contributed by atoms with Gasteiger partial charge < -0.3 is 14.2 Å². The van der Waals surface area contributed by atoms with E-state index in [1.165, 1.54) is 12.1 Å². The molecule has 1 N–H and O–H groups in total. The maximum Gasteiger partial charge on any atom is 0.355 e. The molecule has 0 saturated carbocycles. The molecule has 1 atom stereocenters. The molecular formula is C22H18FN3O4. The molecule has 0 aliphatic heterocycles. The van der Waals surface area contributed by atoms with Crippen molar-refractivity contribution in [1.29, 1.82) is 0 Å². The van der Waals surface area contributed by atoms with Gasteiger partial charge in [0, 0.05) is 11.8 Å². The minimum Gasteiger partial charge on any atom is -0.448 e. The first-order valence-corrected chi connectivity index (χ1v) is 9.32. The molecule has 0 aliphatic carbocycles. The van der Waals surface area contributed by atoms with Crippen LogP contribution in [0.3, 0.4) is 0 Å². The highest BCUT2D eigenvalue weighted by Gasteiger charge is 2.22. The van der Waals surface area contributed by atoms with Crippen molar-refractivity contribution in [3.05, 3.63) is 93.2 Å². The number of nitrogens with one attached hydrogen (secondary N) is 1. The van der Waals surface area contributed by atoms with Crippen LogP contribution in [0.25, 0.3) is 10.8 Å². The van der Waals surface area contributed by atoms with E-state index >= 15 is 0 Å². The summed E-state index contributed by atoms with van der Waals surface area (Å²) in [6.07, 6.45) is -0.469. The molecule has 8 heteroatoms. The van der Waals surface area contributed by atoms with Crippen LogP contribution in [-0.2, 0) is 11.2 Å². The van der Waals surface area contributed by atoms with Gasteiger partial charge in [0.05, 0.1) is 0 Å². The zero-order valence-electron chi connectivity index (χ0n) is 16.3.